The second-order valence-electron chi connectivity index (χ2n) is 6.10. The minimum atomic E-state index is -3.48. The molecule has 0 N–H and O–H groups in total. The summed E-state index contributed by atoms with van der Waals surface area (Å²) in [6.45, 7) is 1.08. The fraction of sp³-hybridized carbons (Fsp3) is 0.444. The van der Waals surface area contributed by atoms with Crippen LogP contribution in [-0.4, -0.2) is 50.2 Å². The van der Waals surface area contributed by atoms with Crippen LogP contribution in [0.25, 0.3) is 6.08 Å². The van der Waals surface area contributed by atoms with Crippen molar-refractivity contribution in [1.29, 1.82) is 5.26 Å². The fourth-order valence-corrected chi connectivity index (χ4v) is 4.03. The molecular weight excluding hydrogens is 338 g/mol. The molecule has 0 spiro atoms. The molecule has 0 radical (unpaired) electrons. The van der Waals surface area contributed by atoms with Crippen LogP contribution in [0.15, 0.2) is 35.7 Å². The van der Waals surface area contributed by atoms with Gasteiger partial charge in [-0.3, -0.25) is 4.79 Å². The average molecular weight is 361 g/mol. The molecule has 6 nitrogen and oxygen atoms in total. The van der Waals surface area contributed by atoms with Gasteiger partial charge >= 0.3 is 0 Å². The van der Waals surface area contributed by atoms with Crippen molar-refractivity contribution >= 4 is 22.0 Å². The third-order valence-corrected chi connectivity index (χ3v) is 5.90. The van der Waals surface area contributed by atoms with Crippen molar-refractivity contribution in [3.05, 3.63) is 41.3 Å². The summed E-state index contributed by atoms with van der Waals surface area (Å²) in [4.78, 5) is 13.9. The van der Waals surface area contributed by atoms with Gasteiger partial charge in [-0.2, -0.15) is 9.57 Å². The van der Waals surface area contributed by atoms with Crippen LogP contribution in [0.3, 0.4) is 0 Å². The summed E-state index contributed by atoms with van der Waals surface area (Å²) in [6, 6.07) is 11.3. The van der Waals surface area contributed by atoms with E-state index in [9.17, 15) is 13.2 Å². The maximum atomic E-state index is 12.4. The van der Waals surface area contributed by atoms with E-state index in [2.05, 4.69) is 0 Å². The van der Waals surface area contributed by atoms with Crippen molar-refractivity contribution in [1.82, 2.24) is 9.21 Å². The van der Waals surface area contributed by atoms with Gasteiger partial charge in [0.15, 0.2) is 0 Å². The lowest BCUT2D eigenvalue weighted by molar-refractivity contribution is -0.135. The SMILES string of the molecule is CN(CCC#N)C(=O)C1CCN(S(=O)(=O)/C=C/c2ccccc2)CC1. The van der Waals surface area contributed by atoms with E-state index in [0.29, 0.717) is 38.9 Å². The summed E-state index contributed by atoms with van der Waals surface area (Å²) in [5.41, 5.74) is 0.829. The second kappa shape index (κ2) is 8.79. The van der Waals surface area contributed by atoms with Crippen LogP contribution in [0.1, 0.15) is 24.8 Å². The lowest BCUT2D eigenvalue weighted by Crippen LogP contribution is -2.43. The Hall–Kier alpha value is -2.17. The molecule has 1 aliphatic rings. The number of rotatable bonds is 6. The van der Waals surface area contributed by atoms with Crippen molar-refractivity contribution in [3.8, 4) is 6.07 Å². The largest absolute Gasteiger partial charge is 0.344 e. The number of nitriles is 1. The molecule has 1 heterocycles. The lowest BCUT2D eigenvalue weighted by atomic mass is 9.96. The minimum absolute atomic E-state index is 0.00729. The first-order valence-corrected chi connectivity index (χ1v) is 9.79. The maximum absolute atomic E-state index is 12.4. The normalized spacial score (nSPS) is 16.6. The fourth-order valence-electron chi connectivity index (χ4n) is 2.81. The number of benzene rings is 1. The summed E-state index contributed by atoms with van der Waals surface area (Å²) in [5.74, 6) is -0.180. The Kier molecular flexibility index (Phi) is 6.73. The zero-order valence-corrected chi connectivity index (χ0v) is 15.2. The number of carbonyl (C=O) groups excluding carboxylic acids is 1. The Bertz CT molecular complexity index is 746. The molecule has 1 saturated heterocycles. The van der Waals surface area contributed by atoms with Gasteiger partial charge in [-0.15, -0.1) is 0 Å². The van der Waals surface area contributed by atoms with Gasteiger partial charge < -0.3 is 4.90 Å². The first-order valence-electron chi connectivity index (χ1n) is 8.29. The van der Waals surface area contributed by atoms with Crippen LogP contribution in [-0.2, 0) is 14.8 Å². The molecule has 0 unspecified atom stereocenters. The highest BCUT2D eigenvalue weighted by Crippen LogP contribution is 2.22. The Morgan fingerprint density at radius 1 is 1.32 bits per heavy atom. The predicted molar refractivity (Wildman–Crippen MR) is 96.6 cm³/mol. The highest BCUT2D eigenvalue weighted by molar-refractivity contribution is 7.92. The molecule has 2 rings (SSSR count). The molecular formula is C18H23N3O3S. The van der Waals surface area contributed by atoms with E-state index < -0.39 is 10.0 Å². The van der Waals surface area contributed by atoms with Crippen LogP contribution in [0.5, 0.6) is 0 Å². The highest BCUT2D eigenvalue weighted by atomic mass is 32.2. The van der Waals surface area contributed by atoms with E-state index in [0.717, 1.165) is 5.56 Å². The Balaban J connectivity index is 1.91. The Morgan fingerprint density at radius 3 is 2.56 bits per heavy atom. The van der Waals surface area contributed by atoms with E-state index in [1.807, 2.05) is 36.4 Å². The first-order chi connectivity index (χ1) is 11.9. The van der Waals surface area contributed by atoms with Gasteiger partial charge in [-0.05, 0) is 24.5 Å². The van der Waals surface area contributed by atoms with E-state index in [-0.39, 0.29) is 11.8 Å². The monoisotopic (exact) mass is 361 g/mol. The van der Waals surface area contributed by atoms with E-state index >= 15 is 0 Å². The molecule has 0 aromatic heterocycles. The number of carbonyl (C=O) groups is 1. The third-order valence-electron chi connectivity index (χ3n) is 4.33. The molecule has 1 fully saturated rings. The number of piperidine rings is 1. The number of amides is 1. The van der Waals surface area contributed by atoms with Crippen molar-refractivity contribution in [3.63, 3.8) is 0 Å². The van der Waals surface area contributed by atoms with Gasteiger partial charge in [0.25, 0.3) is 0 Å². The Labute approximate surface area is 149 Å². The molecule has 1 amide bonds. The quantitative estimate of drug-likeness (QED) is 0.777. The summed E-state index contributed by atoms with van der Waals surface area (Å²) < 4.78 is 26.3. The standard InChI is InChI=1S/C18H23N3O3S/c1-20(12-5-11-19)18(22)17-8-13-21(14-9-17)25(23,24)15-10-16-6-3-2-4-7-16/h2-4,6-7,10,15,17H,5,8-9,12-14H2,1H3/b15-10+. The third kappa shape index (κ3) is 5.41. The summed E-state index contributed by atoms with van der Waals surface area (Å²) in [5, 5.41) is 9.82. The molecule has 1 aromatic carbocycles. The molecule has 134 valence electrons. The smallest absolute Gasteiger partial charge is 0.236 e. The van der Waals surface area contributed by atoms with Gasteiger partial charge in [0, 0.05) is 38.0 Å². The second-order valence-corrected chi connectivity index (χ2v) is 7.92. The molecule has 0 saturated carbocycles. The topological polar surface area (TPSA) is 81.5 Å². The average Bonchev–Trinajstić information content (AvgIpc) is 2.65. The predicted octanol–water partition coefficient (Wildman–Crippen LogP) is 2.07. The molecule has 0 atom stereocenters. The summed E-state index contributed by atoms with van der Waals surface area (Å²) >= 11 is 0. The zero-order chi connectivity index (χ0) is 18.3. The van der Waals surface area contributed by atoms with Crippen LogP contribution in [0.4, 0.5) is 0 Å². The van der Waals surface area contributed by atoms with E-state index in [1.165, 1.54) is 9.71 Å². The maximum Gasteiger partial charge on any atom is 0.236 e. The summed E-state index contributed by atoms with van der Waals surface area (Å²) in [6.07, 6.45) is 2.91. The van der Waals surface area contributed by atoms with Crippen LogP contribution < -0.4 is 0 Å². The molecule has 0 aliphatic carbocycles. The van der Waals surface area contributed by atoms with Gasteiger partial charge in [-0.25, -0.2) is 8.42 Å². The van der Waals surface area contributed by atoms with E-state index in [1.54, 1.807) is 18.0 Å². The number of hydrogen-bond donors (Lipinski definition) is 0. The van der Waals surface area contributed by atoms with Crippen molar-refractivity contribution in [2.24, 2.45) is 5.92 Å². The molecule has 1 aromatic rings. The molecule has 1 aliphatic heterocycles. The van der Waals surface area contributed by atoms with E-state index in [4.69, 9.17) is 5.26 Å². The van der Waals surface area contributed by atoms with Gasteiger partial charge in [-0.1, -0.05) is 30.3 Å². The van der Waals surface area contributed by atoms with Gasteiger partial charge in [0.2, 0.25) is 15.9 Å². The summed E-state index contributed by atoms with van der Waals surface area (Å²) in [7, 11) is -1.79. The number of sulfonamides is 1. The molecule has 25 heavy (non-hydrogen) atoms. The number of nitrogens with zero attached hydrogens (tertiary/aromatic N) is 3. The van der Waals surface area contributed by atoms with Gasteiger partial charge in [0.1, 0.15) is 0 Å². The molecule has 7 heteroatoms. The van der Waals surface area contributed by atoms with Crippen LogP contribution >= 0.6 is 0 Å². The van der Waals surface area contributed by atoms with Crippen molar-refractivity contribution < 1.29 is 13.2 Å². The highest BCUT2D eigenvalue weighted by Gasteiger charge is 2.31. The Morgan fingerprint density at radius 2 is 1.96 bits per heavy atom. The van der Waals surface area contributed by atoms with Crippen LogP contribution in [0.2, 0.25) is 0 Å². The number of hydrogen-bond acceptors (Lipinski definition) is 4. The van der Waals surface area contributed by atoms with Crippen molar-refractivity contribution in [2.45, 2.75) is 19.3 Å². The van der Waals surface area contributed by atoms with Crippen molar-refractivity contribution in [2.75, 3.05) is 26.7 Å². The van der Waals surface area contributed by atoms with Crippen LogP contribution in [0, 0.1) is 17.2 Å². The zero-order valence-electron chi connectivity index (χ0n) is 14.3. The first kappa shape index (κ1) is 19.2. The molecule has 0 bridgehead atoms. The minimum Gasteiger partial charge on any atom is -0.344 e. The van der Waals surface area contributed by atoms with Gasteiger partial charge in [0.05, 0.1) is 12.5 Å². The lowest BCUT2D eigenvalue weighted by Gasteiger charge is -2.31.